The van der Waals surface area contributed by atoms with Crippen molar-refractivity contribution >= 4 is 13.7 Å². The highest BCUT2D eigenvalue weighted by atomic mass is 31.2. The second-order valence-corrected chi connectivity index (χ2v) is 16.9. The Morgan fingerprint density at radius 2 is 1.06 bits per heavy atom. The van der Waals surface area contributed by atoms with E-state index >= 15 is 0 Å². The van der Waals surface area contributed by atoms with Crippen molar-refractivity contribution in [2.45, 2.75) is 231 Å². The largest absolute Gasteiger partial charge is 0.472 e. The van der Waals surface area contributed by atoms with Crippen molar-refractivity contribution in [3.63, 3.8) is 0 Å². The molecule has 0 bridgehead atoms. The highest BCUT2D eigenvalue weighted by Crippen LogP contribution is 2.43. The Kier molecular flexibility index (Phi) is 39.4. The molecule has 4 unspecified atom stereocenters. The first-order valence-corrected chi connectivity index (χ1v) is 24.0. The van der Waals surface area contributed by atoms with E-state index in [-0.39, 0.29) is 19.6 Å². The quantitative estimate of drug-likeness (QED) is 0.0233. The molecule has 0 aliphatic heterocycles. The van der Waals surface area contributed by atoms with E-state index in [1.165, 1.54) is 148 Å². The Labute approximate surface area is 332 Å². The van der Waals surface area contributed by atoms with E-state index in [0.29, 0.717) is 12.8 Å². The number of nitrogens with two attached hydrogens (primary N) is 1. The fourth-order valence-electron chi connectivity index (χ4n) is 6.66. The second-order valence-electron chi connectivity index (χ2n) is 15.4. The first kappa shape index (κ1) is 52.9. The van der Waals surface area contributed by atoms with E-state index in [2.05, 4.69) is 31.3 Å². The fourth-order valence-corrected chi connectivity index (χ4v) is 7.42. The first-order chi connectivity index (χ1) is 26.3. The Bertz CT molecular complexity index is 919. The standard InChI is InChI=1S/C44H87N2O7P/c1-3-5-7-9-11-13-15-17-18-19-20-21-22-24-26-28-30-32-34-36-43(48)42(40-53-54(50,51)52-38-37-45)46-44(49)39-41(47)35-33-31-29-27-25-23-16-14-12-10-8-6-4-2/h26,28,34,36,41-43,47-48H,3-25,27,29-33,35,37-40,45H2,1-2H3,(H,46,49)(H,50,51)/b28-26+,36-34+. The molecule has 10 heteroatoms. The van der Waals surface area contributed by atoms with Crippen LogP contribution in [0.4, 0.5) is 0 Å². The van der Waals surface area contributed by atoms with Crippen LogP contribution in [0.1, 0.15) is 213 Å². The third-order valence-corrected chi connectivity index (χ3v) is 11.1. The van der Waals surface area contributed by atoms with Gasteiger partial charge in [0.25, 0.3) is 0 Å². The van der Waals surface area contributed by atoms with Gasteiger partial charge in [0.1, 0.15) is 0 Å². The predicted octanol–water partition coefficient (Wildman–Crippen LogP) is 11.5. The van der Waals surface area contributed by atoms with Gasteiger partial charge in [-0.3, -0.25) is 13.8 Å². The lowest BCUT2D eigenvalue weighted by atomic mass is 10.0. The molecule has 0 spiro atoms. The summed E-state index contributed by atoms with van der Waals surface area (Å²) in [5.74, 6) is -0.454. The van der Waals surface area contributed by atoms with E-state index < -0.39 is 38.6 Å². The number of allylic oxidation sites excluding steroid dienone is 3. The van der Waals surface area contributed by atoms with Crippen molar-refractivity contribution < 1.29 is 33.5 Å². The van der Waals surface area contributed by atoms with Gasteiger partial charge in [0.15, 0.2) is 0 Å². The number of hydrogen-bond acceptors (Lipinski definition) is 7. The van der Waals surface area contributed by atoms with Crippen LogP contribution in [0.5, 0.6) is 0 Å². The zero-order chi connectivity index (χ0) is 39.8. The maximum Gasteiger partial charge on any atom is 0.472 e. The van der Waals surface area contributed by atoms with Crippen molar-refractivity contribution in [2.75, 3.05) is 19.8 Å². The molecule has 0 saturated heterocycles. The summed E-state index contributed by atoms with van der Waals surface area (Å²) in [7, 11) is -4.40. The zero-order valence-corrected chi connectivity index (χ0v) is 36.0. The fraction of sp³-hybridized carbons (Fsp3) is 0.886. The van der Waals surface area contributed by atoms with Gasteiger partial charge in [-0.05, 0) is 32.1 Å². The Morgan fingerprint density at radius 3 is 1.54 bits per heavy atom. The minimum atomic E-state index is -4.40. The van der Waals surface area contributed by atoms with E-state index in [1.807, 2.05) is 6.08 Å². The smallest absolute Gasteiger partial charge is 0.393 e. The van der Waals surface area contributed by atoms with Gasteiger partial charge >= 0.3 is 7.82 Å². The molecule has 0 aromatic heterocycles. The van der Waals surface area contributed by atoms with Crippen LogP contribution in [-0.2, 0) is 18.4 Å². The molecule has 0 heterocycles. The zero-order valence-electron chi connectivity index (χ0n) is 35.1. The number of rotatable bonds is 42. The summed E-state index contributed by atoms with van der Waals surface area (Å²) >= 11 is 0. The van der Waals surface area contributed by atoms with Crippen molar-refractivity contribution in [1.82, 2.24) is 5.32 Å². The van der Waals surface area contributed by atoms with Crippen molar-refractivity contribution in [3.8, 4) is 0 Å². The molecule has 0 aromatic rings. The van der Waals surface area contributed by atoms with Crippen LogP contribution < -0.4 is 11.1 Å². The van der Waals surface area contributed by atoms with Crippen LogP contribution in [0.25, 0.3) is 0 Å². The molecule has 0 fully saturated rings. The Morgan fingerprint density at radius 1 is 0.630 bits per heavy atom. The van der Waals surface area contributed by atoms with Gasteiger partial charge in [-0.25, -0.2) is 4.57 Å². The average molecular weight is 787 g/mol. The van der Waals surface area contributed by atoms with Crippen molar-refractivity contribution in [2.24, 2.45) is 5.73 Å². The van der Waals surface area contributed by atoms with Crippen molar-refractivity contribution in [3.05, 3.63) is 24.3 Å². The SMILES string of the molecule is CCCCCCCCCCCCCCC/C=C/CC/C=C/C(O)C(COP(=O)(O)OCCN)NC(=O)CC(O)CCCCCCCCCCCCCCC. The van der Waals surface area contributed by atoms with Crippen LogP contribution in [0.15, 0.2) is 24.3 Å². The summed E-state index contributed by atoms with van der Waals surface area (Å²) in [6.45, 7) is 3.96. The lowest BCUT2D eigenvalue weighted by Crippen LogP contribution is -2.46. The molecular formula is C44H87N2O7P. The van der Waals surface area contributed by atoms with Crippen LogP contribution in [0.2, 0.25) is 0 Å². The Hall–Kier alpha value is -1.06. The van der Waals surface area contributed by atoms with Gasteiger partial charge in [0, 0.05) is 6.54 Å². The summed E-state index contributed by atoms with van der Waals surface area (Å²) in [5.41, 5.74) is 5.36. The maximum atomic E-state index is 12.8. The number of nitrogens with one attached hydrogen (secondary N) is 1. The molecular weight excluding hydrogens is 699 g/mol. The number of carbonyl (C=O) groups is 1. The molecule has 0 radical (unpaired) electrons. The second kappa shape index (κ2) is 40.1. The molecule has 320 valence electrons. The lowest BCUT2D eigenvalue weighted by molar-refractivity contribution is -0.124. The molecule has 0 aliphatic rings. The maximum absolute atomic E-state index is 12.8. The van der Waals surface area contributed by atoms with Gasteiger partial charge in [-0.15, -0.1) is 0 Å². The normalized spacial score (nSPS) is 14.9. The number of amides is 1. The van der Waals surface area contributed by atoms with Gasteiger partial charge in [0.2, 0.25) is 5.91 Å². The number of hydrogen-bond donors (Lipinski definition) is 5. The lowest BCUT2D eigenvalue weighted by Gasteiger charge is -2.24. The van der Waals surface area contributed by atoms with Crippen LogP contribution in [0, 0.1) is 0 Å². The number of phosphoric ester groups is 1. The molecule has 0 rings (SSSR count). The molecule has 0 saturated carbocycles. The topological polar surface area (TPSA) is 151 Å². The molecule has 4 atom stereocenters. The third kappa shape index (κ3) is 37.8. The minimum absolute atomic E-state index is 0.0461. The summed E-state index contributed by atoms with van der Waals surface area (Å²) < 4.78 is 22.1. The van der Waals surface area contributed by atoms with E-state index in [4.69, 9.17) is 14.8 Å². The van der Waals surface area contributed by atoms with E-state index in [0.717, 1.165) is 32.1 Å². The number of phosphoric acid groups is 1. The Balaban J connectivity index is 4.34. The molecule has 6 N–H and O–H groups in total. The van der Waals surface area contributed by atoms with Crippen molar-refractivity contribution in [1.29, 1.82) is 0 Å². The highest BCUT2D eigenvalue weighted by molar-refractivity contribution is 7.47. The number of aliphatic hydroxyl groups excluding tert-OH is 2. The number of unbranched alkanes of at least 4 members (excludes halogenated alkanes) is 26. The van der Waals surface area contributed by atoms with Crippen LogP contribution in [-0.4, -0.2) is 59.0 Å². The van der Waals surface area contributed by atoms with E-state index in [9.17, 15) is 24.5 Å². The summed E-state index contributed by atoms with van der Waals surface area (Å²) in [6, 6.07) is -0.995. The molecule has 9 nitrogen and oxygen atoms in total. The summed E-state index contributed by atoms with van der Waals surface area (Å²) in [4.78, 5) is 22.7. The molecule has 54 heavy (non-hydrogen) atoms. The van der Waals surface area contributed by atoms with Gasteiger partial charge < -0.3 is 26.2 Å². The third-order valence-electron chi connectivity index (χ3n) is 10.1. The summed E-state index contributed by atoms with van der Waals surface area (Å²) in [6.07, 6.45) is 42.7. The molecule has 0 aromatic carbocycles. The highest BCUT2D eigenvalue weighted by Gasteiger charge is 2.27. The summed E-state index contributed by atoms with van der Waals surface area (Å²) in [5, 5.41) is 24.0. The molecule has 1 amide bonds. The van der Waals surface area contributed by atoms with Gasteiger partial charge in [-0.2, -0.15) is 0 Å². The van der Waals surface area contributed by atoms with E-state index in [1.54, 1.807) is 6.08 Å². The van der Waals surface area contributed by atoms with Gasteiger partial charge in [0.05, 0.1) is 37.9 Å². The first-order valence-electron chi connectivity index (χ1n) is 22.5. The number of aliphatic hydroxyl groups is 2. The minimum Gasteiger partial charge on any atom is -0.393 e. The number of carbonyl (C=O) groups excluding carboxylic acids is 1. The average Bonchev–Trinajstić information content (AvgIpc) is 3.15. The molecule has 0 aliphatic carbocycles. The monoisotopic (exact) mass is 787 g/mol. The van der Waals surface area contributed by atoms with Crippen LogP contribution >= 0.6 is 7.82 Å². The van der Waals surface area contributed by atoms with Gasteiger partial charge in [-0.1, -0.05) is 199 Å². The van der Waals surface area contributed by atoms with Crippen LogP contribution in [0.3, 0.4) is 0 Å². The predicted molar refractivity (Wildman–Crippen MR) is 227 cm³/mol.